The fourth-order valence-corrected chi connectivity index (χ4v) is 2.01. The smallest absolute Gasteiger partial charge is 0.303 e. The van der Waals surface area contributed by atoms with Crippen LogP contribution >= 0.6 is 15.9 Å². The van der Waals surface area contributed by atoms with Gasteiger partial charge in [0.1, 0.15) is 0 Å². The second-order valence-electron chi connectivity index (χ2n) is 3.26. The van der Waals surface area contributed by atoms with Gasteiger partial charge >= 0.3 is 5.97 Å². The van der Waals surface area contributed by atoms with Crippen molar-refractivity contribution in [1.29, 1.82) is 0 Å². The molecule has 0 bridgehead atoms. The van der Waals surface area contributed by atoms with Crippen LogP contribution in [0.5, 0.6) is 0 Å². The number of rotatable bonds is 3. The van der Waals surface area contributed by atoms with Crippen LogP contribution in [0.25, 0.3) is 0 Å². The maximum atomic E-state index is 13.1. The molecule has 1 rings (SSSR count). The molecule has 0 amide bonds. The Hall–Kier alpha value is -0.970. The van der Waals surface area contributed by atoms with E-state index in [1.807, 2.05) is 0 Å². The number of hydrogen-bond donors (Lipinski definition) is 1. The molecule has 1 aromatic carbocycles. The number of hydrogen-bond acceptors (Lipinski definition) is 1. The summed E-state index contributed by atoms with van der Waals surface area (Å²) in [5, 5.41) is 8.58. The number of carboxylic acid groups (broad SMARTS) is 1. The Balaban J connectivity index is 3.05. The van der Waals surface area contributed by atoms with Gasteiger partial charge < -0.3 is 5.11 Å². The van der Waals surface area contributed by atoms with Gasteiger partial charge in [0.25, 0.3) is 0 Å². The second kappa shape index (κ2) is 4.70. The summed E-state index contributed by atoms with van der Waals surface area (Å²) in [4.78, 5) is 10.5. The third-order valence-corrected chi connectivity index (χ3v) is 2.88. The van der Waals surface area contributed by atoms with E-state index in [0.717, 1.165) is 6.07 Å². The molecule has 1 atom stereocenters. The van der Waals surface area contributed by atoms with Crippen LogP contribution in [0, 0.1) is 11.6 Å². The predicted molar refractivity (Wildman–Crippen MR) is 54.7 cm³/mol. The van der Waals surface area contributed by atoms with Gasteiger partial charge in [0.2, 0.25) is 0 Å². The highest BCUT2D eigenvalue weighted by Gasteiger charge is 2.17. The van der Waals surface area contributed by atoms with Crippen molar-refractivity contribution in [3.63, 3.8) is 0 Å². The van der Waals surface area contributed by atoms with E-state index in [1.165, 1.54) is 6.07 Å². The number of benzene rings is 1. The van der Waals surface area contributed by atoms with Crippen LogP contribution in [-0.4, -0.2) is 11.1 Å². The Labute approximate surface area is 94.0 Å². The molecule has 0 saturated heterocycles. The molecule has 0 spiro atoms. The van der Waals surface area contributed by atoms with E-state index < -0.39 is 17.6 Å². The highest BCUT2D eigenvalue weighted by atomic mass is 79.9. The van der Waals surface area contributed by atoms with Crippen molar-refractivity contribution in [3.05, 3.63) is 33.8 Å². The third-order valence-electron chi connectivity index (χ3n) is 2.08. The zero-order valence-corrected chi connectivity index (χ0v) is 9.51. The van der Waals surface area contributed by atoms with Gasteiger partial charge in [-0.25, -0.2) is 8.78 Å². The molecule has 0 radical (unpaired) electrons. The molecule has 1 N–H and O–H groups in total. The van der Waals surface area contributed by atoms with Gasteiger partial charge in [-0.15, -0.1) is 0 Å². The molecule has 2 nitrogen and oxygen atoms in total. The van der Waals surface area contributed by atoms with Crippen LogP contribution in [0.3, 0.4) is 0 Å². The fraction of sp³-hybridized carbons (Fsp3) is 0.300. The van der Waals surface area contributed by atoms with E-state index >= 15 is 0 Å². The first-order valence-corrected chi connectivity index (χ1v) is 5.08. The quantitative estimate of drug-likeness (QED) is 0.862. The fourth-order valence-electron chi connectivity index (χ4n) is 1.29. The molecule has 1 unspecified atom stereocenters. The van der Waals surface area contributed by atoms with Crippen molar-refractivity contribution < 1.29 is 18.7 Å². The second-order valence-corrected chi connectivity index (χ2v) is 4.06. The molecule has 0 saturated carbocycles. The van der Waals surface area contributed by atoms with Crippen molar-refractivity contribution in [2.75, 3.05) is 0 Å². The molecule has 0 heterocycles. The lowest BCUT2D eigenvalue weighted by Gasteiger charge is -2.12. The minimum Gasteiger partial charge on any atom is -0.481 e. The molecule has 1 aromatic rings. The minimum atomic E-state index is -0.982. The normalized spacial score (nSPS) is 12.5. The molecule has 0 aliphatic rings. The summed E-state index contributed by atoms with van der Waals surface area (Å²) in [6.07, 6.45) is -0.121. The van der Waals surface area contributed by atoms with Gasteiger partial charge in [-0.2, -0.15) is 0 Å². The number of carboxylic acids is 1. The largest absolute Gasteiger partial charge is 0.481 e. The summed E-state index contributed by atoms with van der Waals surface area (Å²) >= 11 is 2.91. The maximum Gasteiger partial charge on any atom is 0.303 e. The molecule has 82 valence electrons. The van der Waals surface area contributed by atoms with Crippen molar-refractivity contribution in [1.82, 2.24) is 0 Å². The lowest BCUT2D eigenvalue weighted by Crippen LogP contribution is -2.04. The van der Waals surface area contributed by atoms with Crippen LogP contribution in [0.15, 0.2) is 16.6 Å². The van der Waals surface area contributed by atoms with Crippen molar-refractivity contribution in [2.24, 2.45) is 0 Å². The Morgan fingerprint density at radius 2 is 2.13 bits per heavy atom. The van der Waals surface area contributed by atoms with Crippen LogP contribution in [0.2, 0.25) is 0 Å². The molecule has 15 heavy (non-hydrogen) atoms. The SMILES string of the molecule is CC(CC(=O)O)c1ccc(F)c(F)c1Br. The first kappa shape index (κ1) is 12.1. The number of aliphatic carboxylic acids is 1. The standard InChI is InChI=1S/C10H9BrF2O2/c1-5(4-8(14)15)6-2-3-7(12)10(13)9(6)11/h2-3,5H,4H2,1H3,(H,14,15). The van der Waals surface area contributed by atoms with Crippen LogP contribution in [0.1, 0.15) is 24.8 Å². The topological polar surface area (TPSA) is 37.3 Å². The maximum absolute atomic E-state index is 13.1. The van der Waals surface area contributed by atoms with Crippen molar-refractivity contribution in [3.8, 4) is 0 Å². The van der Waals surface area contributed by atoms with Crippen LogP contribution in [-0.2, 0) is 4.79 Å². The summed E-state index contributed by atoms with van der Waals surface area (Å²) in [7, 11) is 0. The minimum absolute atomic E-state index is 0.00347. The van der Waals surface area contributed by atoms with Gasteiger partial charge in [-0.05, 0) is 33.5 Å². The van der Waals surface area contributed by atoms with E-state index in [1.54, 1.807) is 6.92 Å². The highest BCUT2D eigenvalue weighted by Crippen LogP contribution is 2.30. The average molecular weight is 279 g/mol. The number of halogens is 3. The monoisotopic (exact) mass is 278 g/mol. The molecular weight excluding hydrogens is 270 g/mol. The van der Waals surface area contributed by atoms with Crippen molar-refractivity contribution in [2.45, 2.75) is 19.3 Å². The van der Waals surface area contributed by atoms with Gasteiger partial charge in [0.05, 0.1) is 10.9 Å². The highest BCUT2D eigenvalue weighted by molar-refractivity contribution is 9.10. The predicted octanol–water partition coefficient (Wildman–Crippen LogP) is 3.31. The van der Waals surface area contributed by atoms with Gasteiger partial charge in [-0.3, -0.25) is 4.79 Å². The lowest BCUT2D eigenvalue weighted by molar-refractivity contribution is -0.137. The van der Waals surface area contributed by atoms with E-state index in [0.29, 0.717) is 5.56 Å². The summed E-state index contributed by atoms with van der Waals surface area (Å²) in [6, 6.07) is 2.38. The Kier molecular flexibility index (Phi) is 3.79. The molecule has 0 fully saturated rings. The molecule has 0 aliphatic heterocycles. The Morgan fingerprint density at radius 1 is 1.53 bits per heavy atom. The third kappa shape index (κ3) is 2.75. The average Bonchev–Trinajstić information content (AvgIpc) is 2.13. The lowest BCUT2D eigenvalue weighted by atomic mass is 9.98. The first-order chi connectivity index (χ1) is 6.93. The first-order valence-electron chi connectivity index (χ1n) is 4.28. The van der Waals surface area contributed by atoms with E-state index in [-0.39, 0.29) is 16.8 Å². The van der Waals surface area contributed by atoms with Gasteiger partial charge in [0, 0.05) is 0 Å². The zero-order valence-electron chi connectivity index (χ0n) is 7.93. The molecular formula is C10H9BrF2O2. The Bertz CT molecular complexity index is 393. The summed E-state index contributed by atoms with van der Waals surface area (Å²) in [5.41, 5.74) is 0.455. The Morgan fingerprint density at radius 3 is 2.67 bits per heavy atom. The summed E-state index contributed by atoms with van der Waals surface area (Å²) < 4.78 is 25.9. The molecule has 5 heteroatoms. The summed E-state index contributed by atoms with van der Waals surface area (Å²) in [6.45, 7) is 1.64. The van der Waals surface area contributed by atoms with Gasteiger partial charge in [0.15, 0.2) is 11.6 Å². The molecule has 0 aromatic heterocycles. The van der Waals surface area contributed by atoms with Crippen LogP contribution < -0.4 is 0 Å². The van der Waals surface area contributed by atoms with E-state index in [9.17, 15) is 13.6 Å². The van der Waals surface area contributed by atoms with Crippen molar-refractivity contribution >= 4 is 21.9 Å². The molecule has 0 aliphatic carbocycles. The van der Waals surface area contributed by atoms with Gasteiger partial charge in [-0.1, -0.05) is 13.0 Å². The van der Waals surface area contributed by atoms with Crippen LogP contribution in [0.4, 0.5) is 8.78 Å². The van der Waals surface area contributed by atoms with E-state index in [2.05, 4.69) is 15.9 Å². The zero-order chi connectivity index (χ0) is 11.6. The summed E-state index contributed by atoms with van der Waals surface area (Å²) in [5.74, 6) is -3.27. The number of carbonyl (C=O) groups is 1. The van der Waals surface area contributed by atoms with E-state index in [4.69, 9.17) is 5.11 Å².